The van der Waals surface area contributed by atoms with Crippen molar-refractivity contribution in [3.63, 3.8) is 0 Å². The summed E-state index contributed by atoms with van der Waals surface area (Å²) in [5.74, 6) is 2.66. The van der Waals surface area contributed by atoms with Crippen LogP contribution in [0.5, 0.6) is 28.7 Å². The number of Topliss-reactive ketones (excluding diaryl/α,β-unsaturated/α-hetero) is 1. The van der Waals surface area contributed by atoms with E-state index in [0.29, 0.717) is 54.1 Å². The molecule has 1 saturated heterocycles. The molecule has 4 N–H and O–H groups in total. The van der Waals surface area contributed by atoms with Gasteiger partial charge in [-0.1, -0.05) is 135 Å². The fraction of sp³-hybridized carbons (Fsp3) is 0.393. The highest BCUT2D eigenvalue weighted by Crippen LogP contribution is 2.62. The lowest BCUT2D eigenvalue weighted by Crippen LogP contribution is -2.44. The van der Waals surface area contributed by atoms with Crippen LogP contribution in [0.3, 0.4) is 0 Å². The first-order chi connectivity index (χ1) is 34.7. The Bertz CT molecular complexity index is 2790. The molecule has 0 radical (unpaired) electrons. The molecule has 2 aliphatic heterocycles. The summed E-state index contributed by atoms with van der Waals surface area (Å²) in [6.07, 6.45) is 13.4. The summed E-state index contributed by atoms with van der Waals surface area (Å²) >= 11 is 0. The van der Waals surface area contributed by atoms with Gasteiger partial charge in [0.25, 0.3) is 0 Å². The minimum absolute atomic E-state index is 0.0592. The van der Waals surface area contributed by atoms with Crippen LogP contribution in [0.1, 0.15) is 115 Å². The maximum Gasteiger partial charge on any atom is 0.204 e. The van der Waals surface area contributed by atoms with Gasteiger partial charge in [-0.25, -0.2) is 0 Å². The first kappa shape index (κ1) is 48.2. The van der Waals surface area contributed by atoms with E-state index in [-0.39, 0.29) is 42.1 Å². The molecule has 5 aromatic carbocycles. The number of fused-ring (bicyclic) bond motifs is 1. The number of carbonyl (C=O) groups excluding carboxylic acids is 1. The Morgan fingerprint density at radius 2 is 1.51 bits per heavy atom. The topological polar surface area (TPSA) is 126 Å². The molecule has 3 atom stereocenters. The number of piperazine rings is 1. The number of hydrogen-bond donors (Lipinski definition) is 4. The Morgan fingerprint density at radius 1 is 0.789 bits per heavy atom. The molecular weight excluding hydrogens is 887 g/mol. The molecular formula is C61H69N3O7. The summed E-state index contributed by atoms with van der Waals surface area (Å²) in [6.45, 7) is 6.78. The molecule has 6 aromatic rings. The quantitative estimate of drug-likeness (QED) is 0.0666. The third-order valence-electron chi connectivity index (χ3n) is 16.0. The van der Waals surface area contributed by atoms with E-state index in [1.165, 1.54) is 67.6 Å². The molecule has 0 bridgehead atoms. The molecule has 71 heavy (non-hydrogen) atoms. The minimum atomic E-state index is -0.792. The molecule has 1 unspecified atom stereocenters. The number of aromatic nitrogens is 1. The highest BCUT2D eigenvalue weighted by Gasteiger charge is 2.54. The highest BCUT2D eigenvalue weighted by molar-refractivity contribution is 6.04. The van der Waals surface area contributed by atoms with Gasteiger partial charge in [0.05, 0.1) is 32.8 Å². The van der Waals surface area contributed by atoms with Crippen LogP contribution >= 0.6 is 0 Å². The zero-order valence-corrected chi connectivity index (χ0v) is 41.4. The van der Waals surface area contributed by atoms with Gasteiger partial charge in [-0.15, -0.1) is 0 Å². The number of rotatable bonds is 18. The number of benzene rings is 5. The van der Waals surface area contributed by atoms with Crippen LogP contribution in [0, 0.1) is 5.41 Å². The van der Waals surface area contributed by atoms with Gasteiger partial charge in [-0.2, -0.15) is 0 Å². The number of ether oxygens (including phenoxy) is 4. The summed E-state index contributed by atoms with van der Waals surface area (Å²) in [5, 5.41) is 24.8. The fourth-order valence-corrected chi connectivity index (χ4v) is 12.1. The third-order valence-corrected chi connectivity index (χ3v) is 16.0. The van der Waals surface area contributed by atoms with Crippen molar-refractivity contribution in [3.8, 4) is 39.9 Å². The van der Waals surface area contributed by atoms with Gasteiger partial charge >= 0.3 is 0 Å². The molecule has 10 nitrogen and oxygen atoms in total. The first-order valence-electron chi connectivity index (χ1n) is 26.0. The van der Waals surface area contributed by atoms with Crippen molar-refractivity contribution in [1.29, 1.82) is 0 Å². The lowest BCUT2D eigenvalue weighted by molar-refractivity contribution is 0.0835. The molecule has 3 fully saturated rings. The number of nitrogens with zero attached hydrogens (tertiary/aromatic N) is 1. The number of ketones is 1. The first-order valence-corrected chi connectivity index (χ1v) is 26.0. The zero-order valence-electron chi connectivity index (χ0n) is 41.4. The lowest BCUT2D eigenvalue weighted by atomic mass is 9.64. The summed E-state index contributed by atoms with van der Waals surface area (Å²) in [6, 6.07) is 38.3. The van der Waals surface area contributed by atoms with Crippen LogP contribution in [0.2, 0.25) is 0 Å². The Labute approximate surface area is 419 Å². The largest absolute Gasteiger partial charge is 0.508 e. The summed E-state index contributed by atoms with van der Waals surface area (Å²) in [5.41, 5.74) is 9.37. The van der Waals surface area contributed by atoms with Crippen molar-refractivity contribution in [2.24, 2.45) is 5.41 Å². The number of anilines is 1. The standard InChI is InChI=1S/C61H69N3O7/c1-60(29-12-32-61(60)30-9-10-31-61)53-40-50(59(63-53)64-35-33-62-34-36-64)46-18-11-17-44(39-46)20-26-49-55-54(51(67)41-52(71-55)45-21-24-47(65)25-22-45)57(70-38-28-48(66)23-19-42-13-5-3-6-14-42)58(68-2)56(49)69-37-27-43-15-7-4-8-16-43/h3-8,11,13-19,21-25,39-40,48,52,62-63,65-66H,9-10,12,20,26-38,41H2,1-2H3/b23-19+/t48-,52?,60+/m0/s1. The van der Waals surface area contributed by atoms with E-state index in [1.54, 1.807) is 37.5 Å². The molecule has 4 aliphatic rings. The molecule has 10 rings (SSSR count). The summed E-state index contributed by atoms with van der Waals surface area (Å²) in [4.78, 5) is 21.3. The van der Waals surface area contributed by atoms with E-state index in [1.807, 2.05) is 54.6 Å². The van der Waals surface area contributed by atoms with Gasteiger partial charge in [0.1, 0.15) is 29.0 Å². The second kappa shape index (κ2) is 21.5. The molecule has 2 aliphatic carbocycles. The Kier molecular flexibility index (Phi) is 14.6. The number of nitrogens with one attached hydrogen (secondary N) is 2. The Balaban J connectivity index is 1.01. The average molecular weight is 956 g/mol. The number of aryl methyl sites for hydroxylation is 1. The van der Waals surface area contributed by atoms with Gasteiger partial charge in [-0.05, 0) is 90.0 Å². The number of aromatic hydroxyl groups is 1. The van der Waals surface area contributed by atoms with E-state index >= 15 is 0 Å². The maximum atomic E-state index is 14.7. The second-order valence-electron chi connectivity index (χ2n) is 20.3. The van der Waals surface area contributed by atoms with Gasteiger partial charge in [0, 0.05) is 61.3 Å². The number of phenols is 1. The van der Waals surface area contributed by atoms with E-state index in [2.05, 4.69) is 64.6 Å². The number of aromatic amines is 1. The second-order valence-corrected chi connectivity index (χ2v) is 20.3. The van der Waals surface area contributed by atoms with E-state index < -0.39 is 12.2 Å². The Hall–Kier alpha value is -6.49. The normalized spacial score (nSPS) is 20.0. The van der Waals surface area contributed by atoms with Crippen molar-refractivity contribution in [2.75, 3.05) is 51.4 Å². The maximum absolute atomic E-state index is 14.7. The van der Waals surface area contributed by atoms with Crippen LogP contribution in [-0.4, -0.2) is 73.6 Å². The van der Waals surface area contributed by atoms with Crippen molar-refractivity contribution < 1.29 is 34.0 Å². The minimum Gasteiger partial charge on any atom is -0.508 e. The van der Waals surface area contributed by atoms with Crippen LogP contribution in [-0.2, 0) is 24.7 Å². The molecule has 10 heteroatoms. The van der Waals surface area contributed by atoms with Gasteiger partial charge in [0.15, 0.2) is 17.3 Å². The SMILES string of the molecule is COc1c(OCCc2ccccc2)c(CCc2cccc(-c3cc([C@@]4(C)CCCC45CCCC5)[nH]c3N3CCNCC3)c2)c2c(c1OCC[C@@H](O)/C=C/c1ccccc1)C(=O)CC(c1ccc(O)cc1)O2. The molecule has 3 heterocycles. The number of phenolic OH excluding ortho intramolecular Hbond substituents is 1. The van der Waals surface area contributed by atoms with Gasteiger partial charge < -0.3 is 44.4 Å². The number of aliphatic hydroxyl groups excluding tert-OH is 1. The predicted molar refractivity (Wildman–Crippen MR) is 281 cm³/mol. The number of aliphatic hydroxyl groups is 1. The van der Waals surface area contributed by atoms with Crippen LogP contribution < -0.4 is 29.2 Å². The third kappa shape index (κ3) is 10.2. The molecule has 1 aromatic heterocycles. The van der Waals surface area contributed by atoms with Crippen molar-refractivity contribution in [2.45, 2.75) is 102 Å². The highest BCUT2D eigenvalue weighted by atomic mass is 16.5. The lowest BCUT2D eigenvalue weighted by Gasteiger charge is -2.41. The number of methoxy groups -OCH3 is 1. The number of carbonyl (C=O) groups is 1. The van der Waals surface area contributed by atoms with Gasteiger partial charge in [0.2, 0.25) is 5.75 Å². The zero-order chi connectivity index (χ0) is 48.8. The molecule has 0 amide bonds. The van der Waals surface area contributed by atoms with Gasteiger partial charge in [-0.3, -0.25) is 4.79 Å². The Morgan fingerprint density at radius 3 is 2.27 bits per heavy atom. The van der Waals surface area contributed by atoms with Crippen molar-refractivity contribution in [3.05, 3.63) is 160 Å². The molecule has 370 valence electrons. The fourth-order valence-electron chi connectivity index (χ4n) is 12.1. The van der Waals surface area contributed by atoms with Crippen LogP contribution in [0.25, 0.3) is 17.2 Å². The number of H-pyrrole nitrogens is 1. The van der Waals surface area contributed by atoms with Crippen LogP contribution in [0.15, 0.2) is 121 Å². The number of hydrogen-bond acceptors (Lipinski definition) is 9. The molecule has 1 spiro atoms. The van der Waals surface area contributed by atoms with Crippen LogP contribution in [0.4, 0.5) is 5.82 Å². The van der Waals surface area contributed by atoms with E-state index in [9.17, 15) is 15.0 Å². The van der Waals surface area contributed by atoms with E-state index in [0.717, 1.165) is 54.0 Å². The summed E-state index contributed by atoms with van der Waals surface area (Å²) < 4.78 is 26.6. The average Bonchev–Trinajstić information content (AvgIpc) is 4.16. The molecule has 2 saturated carbocycles. The smallest absolute Gasteiger partial charge is 0.204 e. The predicted octanol–water partition coefficient (Wildman–Crippen LogP) is 11.8. The van der Waals surface area contributed by atoms with Crippen molar-refractivity contribution in [1.82, 2.24) is 10.3 Å². The monoisotopic (exact) mass is 956 g/mol. The summed E-state index contributed by atoms with van der Waals surface area (Å²) in [7, 11) is 1.58. The van der Waals surface area contributed by atoms with Crippen molar-refractivity contribution >= 4 is 17.7 Å². The van der Waals surface area contributed by atoms with E-state index in [4.69, 9.17) is 18.9 Å².